The second-order valence-electron chi connectivity index (χ2n) is 24.9. The highest BCUT2D eigenvalue weighted by molar-refractivity contribution is 5.76. The number of allylic oxidation sites excluding steroid dienone is 4. The van der Waals surface area contributed by atoms with E-state index in [0.717, 1.165) is 44.9 Å². The highest BCUT2D eigenvalue weighted by Gasteiger charge is 2.20. The van der Waals surface area contributed by atoms with E-state index in [1.165, 1.54) is 327 Å². The summed E-state index contributed by atoms with van der Waals surface area (Å²) >= 11 is 0. The van der Waals surface area contributed by atoms with Crippen molar-refractivity contribution >= 4 is 11.9 Å². The lowest BCUT2D eigenvalue weighted by Gasteiger charge is -2.22. The predicted molar refractivity (Wildman–Crippen MR) is 347 cm³/mol. The van der Waals surface area contributed by atoms with E-state index in [1.807, 2.05) is 0 Å². The number of hydrogen-bond acceptors (Lipinski definition) is 5. The Kier molecular flexibility index (Phi) is 67.4. The Morgan fingerprint density at radius 3 is 0.962 bits per heavy atom. The Balaban J connectivity index is 3.43. The lowest BCUT2D eigenvalue weighted by Crippen LogP contribution is -2.45. The number of carbonyl (C=O) groups excluding carboxylic acids is 2. The van der Waals surface area contributed by atoms with Crippen molar-refractivity contribution in [1.82, 2.24) is 5.32 Å². The second-order valence-corrected chi connectivity index (χ2v) is 24.9. The Hall–Kier alpha value is -1.66. The predicted octanol–water partition coefficient (Wildman–Crippen LogP) is 23.3. The molecule has 0 spiro atoms. The molecule has 6 heteroatoms. The van der Waals surface area contributed by atoms with Crippen LogP contribution in [0.3, 0.4) is 0 Å². The van der Waals surface area contributed by atoms with Crippen molar-refractivity contribution in [2.75, 3.05) is 13.2 Å². The average molecular weight is 1110 g/mol. The highest BCUT2D eigenvalue weighted by atomic mass is 16.5. The number of aliphatic hydroxyl groups is 2. The molecule has 0 aromatic heterocycles. The van der Waals surface area contributed by atoms with Crippen LogP contribution >= 0.6 is 0 Å². The van der Waals surface area contributed by atoms with Gasteiger partial charge in [0.1, 0.15) is 0 Å². The van der Waals surface area contributed by atoms with Crippen molar-refractivity contribution < 1.29 is 24.5 Å². The van der Waals surface area contributed by atoms with Crippen LogP contribution in [-0.4, -0.2) is 47.4 Å². The maximum Gasteiger partial charge on any atom is 0.305 e. The third-order valence-electron chi connectivity index (χ3n) is 17.0. The quantitative estimate of drug-likeness (QED) is 0.0320. The molecule has 2 unspecified atom stereocenters. The van der Waals surface area contributed by atoms with Gasteiger partial charge in [0.2, 0.25) is 5.91 Å². The monoisotopic (exact) mass is 1110 g/mol. The summed E-state index contributed by atoms with van der Waals surface area (Å²) in [5.74, 6) is -0.0289. The Bertz CT molecular complexity index is 1230. The number of ether oxygens (including phenoxy) is 1. The first-order chi connectivity index (χ1) is 39.0. The Labute approximate surface area is 494 Å². The van der Waals surface area contributed by atoms with Crippen molar-refractivity contribution in [2.24, 2.45) is 0 Å². The van der Waals surface area contributed by atoms with Crippen LogP contribution in [0.25, 0.3) is 0 Å². The molecule has 0 rings (SSSR count). The lowest BCUT2D eigenvalue weighted by atomic mass is 10.0. The van der Waals surface area contributed by atoms with Crippen LogP contribution in [0.2, 0.25) is 0 Å². The number of amides is 1. The van der Waals surface area contributed by atoms with Crippen LogP contribution in [0.5, 0.6) is 0 Å². The minimum atomic E-state index is -0.672. The van der Waals surface area contributed by atoms with Gasteiger partial charge in [0.05, 0.1) is 25.4 Å². The molecule has 2 atom stereocenters. The molecular weight excluding hydrogens is 971 g/mol. The smallest absolute Gasteiger partial charge is 0.305 e. The standard InChI is InChI=1S/C73H141NO5/c1-3-5-7-9-11-13-15-17-19-21-22-23-27-30-34-37-41-45-49-53-57-61-65-71(76)70(69-75)74-72(77)66-62-58-54-50-46-42-38-35-31-28-25-24-26-29-32-36-40-44-48-52-56-60-64-68-79-73(78)67-63-59-55-51-47-43-39-33-20-18-16-14-12-10-8-6-4-2/h24,26,28,31,70-71,75-76H,3-23,25,27,29-30,32-69H2,1-2H3,(H,74,77)/b26-24-,31-28-. The van der Waals surface area contributed by atoms with Gasteiger partial charge in [0.25, 0.3) is 0 Å². The zero-order valence-electron chi connectivity index (χ0n) is 53.6. The normalized spacial score (nSPS) is 12.6. The third kappa shape index (κ3) is 65.4. The van der Waals surface area contributed by atoms with Crippen LogP contribution in [0, 0.1) is 0 Å². The summed E-state index contributed by atoms with van der Waals surface area (Å²) in [6, 6.07) is -0.550. The van der Waals surface area contributed by atoms with Crippen LogP contribution < -0.4 is 5.32 Å². The highest BCUT2D eigenvalue weighted by Crippen LogP contribution is 2.19. The molecule has 6 nitrogen and oxygen atoms in total. The van der Waals surface area contributed by atoms with E-state index in [1.54, 1.807) is 0 Å². The van der Waals surface area contributed by atoms with Gasteiger partial charge < -0.3 is 20.3 Å². The Morgan fingerprint density at radius 1 is 0.354 bits per heavy atom. The fourth-order valence-corrected chi connectivity index (χ4v) is 11.5. The maximum absolute atomic E-state index is 12.5. The van der Waals surface area contributed by atoms with Crippen LogP contribution in [0.1, 0.15) is 406 Å². The molecule has 0 aliphatic carbocycles. The fourth-order valence-electron chi connectivity index (χ4n) is 11.5. The van der Waals surface area contributed by atoms with E-state index in [0.29, 0.717) is 25.9 Å². The van der Waals surface area contributed by atoms with Gasteiger partial charge in [0.15, 0.2) is 0 Å². The van der Waals surface area contributed by atoms with Gasteiger partial charge >= 0.3 is 5.97 Å². The summed E-state index contributed by atoms with van der Waals surface area (Å²) in [4.78, 5) is 24.6. The Morgan fingerprint density at radius 2 is 0.633 bits per heavy atom. The summed E-state index contributed by atoms with van der Waals surface area (Å²) in [5.41, 5.74) is 0. The molecule has 0 radical (unpaired) electrons. The van der Waals surface area contributed by atoms with Gasteiger partial charge in [-0.2, -0.15) is 0 Å². The van der Waals surface area contributed by atoms with E-state index in [2.05, 4.69) is 43.5 Å². The van der Waals surface area contributed by atoms with Crippen LogP contribution in [0.15, 0.2) is 24.3 Å². The van der Waals surface area contributed by atoms with Crippen LogP contribution in [0.4, 0.5) is 0 Å². The average Bonchev–Trinajstić information content (AvgIpc) is 3.45. The van der Waals surface area contributed by atoms with Gasteiger partial charge in [-0.15, -0.1) is 0 Å². The van der Waals surface area contributed by atoms with Crippen LogP contribution in [-0.2, 0) is 14.3 Å². The van der Waals surface area contributed by atoms with Gasteiger partial charge in [-0.3, -0.25) is 9.59 Å². The SMILES string of the molecule is CCCCCCCCCCCCCCCCCCCCCCCCC(O)C(CO)NC(=O)CCCCCCCCC/C=C\C/C=C\CCCCCCCCCCCOC(=O)CCCCCCCCCCCCCCCCCCC. The lowest BCUT2D eigenvalue weighted by molar-refractivity contribution is -0.143. The van der Waals surface area contributed by atoms with E-state index < -0.39 is 12.1 Å². The molecule has 0 bridgehead atoms. The number of carbonyl (C=O) groups is 2. The van der Waals surface area contributed by atoms with Crippen molar-refractivity contribution in [2.45, 2.75) is 418 Å². The van der Waals surface area contributed by atoms with E-state index in [9.17, 15) is 19.8 Å². The molecule has 3 N–H and O–H groups in total. The molecule has 0 saturated carbocycles. The molecule has 1 amide bonds. The van der Waals surface area contributed by atoms with Gasteiger partial charge in [0, 0.05) is 12.8 Å². The fraction of sp³-hybridized carbons (Fsp3) is 0.918. The molecule has 0 aliphatic rings. The van der Waals surface area contributed by atoms with E-state index in [-0.39, 0.29) is 18.5 Å². The van der Waals surface area contributed by atoms with Crippen molar-refractivity contribution in [1.29, 1.82) is 0 Å². The minimum Gasteiger partial charge on any atom is -0.466 e. The number of rotatable bonds is 68. The molecule has 0 aliphatic heterocycles. The molecule has 0 saturated heterocycles. The first-order valence-corrected chi connectivity index (χ1v) is 36.1. The summed E-state index contributed by atoms with van der Waals surface area (Å²) in [5, 5.41) is 23.4. The van der Waals surface area contributed by atoms with Gasteiger partial charge in [-0.05, 0) is 57.8 Å². The summed E-state index contributed by atoms with van der Waals surface area (Å²) in [6.07, 6.45) is 86.5. The van der Waals surface area contributed by atoms with Gasteiger partial charge in [-0.1, -0.05) is 359 Å². The summed E-state index contributed by atoms with van der Waals surface area (Å²) in [6.45, 7) is 4.99. The van der Waals surface area contributed by atoms with Crippen molar-refractivity contribution in [3.8, 4) is 0 Å². The zero-order valence-corrected chi connectivity index (χ0v) is 53.6. The van der Waals surface area contributed by atoms with E-state index >= 15 is 0 Å². The summed E-state index contributed by atoms with van der Waals surface area (Å²) in [7, 11) is 0. The summed E-state index contributed by atoms with van der Waals surface area (Å²) < 4.78 is 5.50. The third-order valence-corrected chi connectivity index (χ3v) is 17.0. The van der Waals surface area contributed by atoms with E-state index in [4.69, 9.17) is 4.74 Å². The number of esters is 1. The molecule has 468 valence electrons. The minimum absolute atomic E-state index is 0.0120. The molecule has 0 aromatic carbocycles. The molecule has 0 fully saturated rings. The molecule has 79 heavy (non-hydrogen) atoms. The second kappa shape index (κ2) is 68.8. The zero-order chi connectivity index (χ0) is 57.1. The number of nitrogens with one attached hydrogen (secondary N) is 1. The first-order valence-electron chi connectivity index (χ1n) is 36.1. The molecule has 0 aromatic rings. The first kappa shape index (κ1) is 77.3. The van der Waals surface area contributed by atoms with Gasteiger partial charge in [-0.25, -0.2) is 0 Å². The topological polar surface area (TPSA) is 95.9 Å². The maximum atomic E-state index is 12.5. The van der Waals surface area contributed by atoms with Crippen molar-refractivity contribution in [3.05, 3.63) is 24.3 Å². The molecular formula is C73H141NO5. The number of unbranched alkanes of at least 4 members (excludes halogenated alkanes) is 53. The van der Waals surface area contributed by atoms with Crippen molar-refractivity contribution in [3.63, 3.8) is 0 Å². The molecule has 0 heterocycles. The number of hydrogen-bond donors (Lipinski definition) is 3. The largest absolute Gasteiger partial charge is 0.466 e. The number of aliphatic hydroxyl groups excluding tert-OH is 2.